The first kappa shape index (κ1) is 31.7. The van der Waals surface area contributed by atoms with E-state index in [1.54, 1.807) is 13.2 Å². The van der Waals surface area contributed by atoms with Gasteiger partial charge in [0.2, 0.25) is 5.91 Å². The molecule has 1 atom stereocenters. The molecule has 14 heteroatoms. The molecule has 0 radical (unpaired) electrons. The number of carbonyl (C=O) groups excluding carboxylic acids is 2. The van der Waals surface area contributed by atoms with Gasteiger partial charge in [0, 0.05) is 30.7 Å². The lowest BCUT2D eigenvalue weighted by atomic mass is 9.95. The summed E-state index contributed by atoms with van der Waals surface area (Å²) in [7, 11) is 1.58. The van der Waals surface area contributed by atoms with Crippen LogP contribution in [0.1, 0.15) is 30.4 Å². The minimum Gasteiger partial charge on any atom is -0.406 e. The Bertz CT molecular complexity index is 1680. The van der Waals surface area contributed by atoms with Crippen LogP contribution in [0.2, 0.25) is 0 Å². The number of amidine groups is 1. The van der Waals surface area contributed by atoms with Crippen LogP contribution in [0.5, 0.6) is 5.75 Å². The summed E-state index contributed by atoms with van der Waals surface area (Å²) in [6.07, 6.45) is -2.54. The van der Waals surface area contributed by atoms with Gasteiger partial charge in [0.15, 0.2) is 11.0 Å². The smallest absolute Gasteiger partial charge is 0.406 e. The lowest BCUT2D eigenvalue weighted by Gasteiger charge is -2.20. The molecule has 1 N–H and O–H groups in total. The number of para-hydroxylation sites is 1. The van der Waals surface area contributed by atoms with Gasteiger partial charge in [-0.2, -0.15) is 4.99 Å². The molecule has 1 unspecified atom stereocenters. The Labute approximate surface area is 261 Å². The molecule has 2 heterocycles. The number of nitrogens with zero attached hydrogens (tertiary/aromatic N) is 5. The Morgan fingerprint density at radius 2 is 1.82 bits per heavy atom. The molecule has 4 aromatic rings. The zero-order valence-electron chi connectivity index (χ0n) is 24.3. The zero-order chi connectivity index (χ0) is 32.0. The molecule has 5 rings (SSSR count). The van der Waals surface area contributed by atoms with Crippen molar-refractivity contribution in [2.24, 2.45) is 4.99 Å². The van der Waals surface area contributed by atoms with Crippen LogP contribution in [0.15, 0.2) is 84.1 Å². The maximum absolute atomic E-state index is 12.8. The van der Waals surface area contributed by atoms with Crippen LogP contribution in [0.3, 0.4) is 0 Å². The summed E-state index contributed by atoms with van der Waals surface area (Å²) in [5.74, 6) is 0.147. The van der Waals surface area contributed by atoms with E-state index in [9.17, 15) is 22.8 Å². The van der Waals surface area contributed by atoms with Crippen molar-refractivity contribution in [1.82, 2.24) is 20.1 Å². The monoisotopic (exact) mass is 638 g/mol. The van der Waals surface area contributed by atoms with Gasteiger partial charge in [0.25, 0.3) is 0 Å². The number of aromatic nitrogens is 3. The highest BCUT2D eigenvalue weighted by Gasteiger charge is 2.32. The van der Waals surface area contributed by atoms with Crippen LogP contribution < -0.4 is 15.0 Å². The summed E-state index contributed by atoms with van der Waals surface area (Å²) < 4.78 is 47.9. The molecule has 0 aliphatic carbocycles. The van der Waals surface area contributed by atoms with Gasteiger partial charge in [-0.25, -0.2) is 14.5 Å². The normalized spacial score (nSPS) is 15.0. The number of nitrogens with one attached hydrogen (secondary N) is 1. The Morgan fingerprint density at radius 1 is 1.09 bits per heavy atom. The van der Waals surface area contributed by atoms with Crippen molar-refractivity contribution in [1.29, 1.82) is 0 Å². The number of carbonyl (C=O) groups is 2. The van der Waals surface area contributed by atoms with Crippen molar-refractivity contribution in [2.45, 2.75) is 32.2 Å². The topological polar surface area (TPSA) is 111 Å². The molecule has 234 valence electrons. The van der Waals surface area contributed by atoms with E-state index < -0.39 is 12.4 Å². The maximum Gasteiger partial charge on any atom is 0.573 e. The van der Waals surface area contributed by atoms with E-state index in [0.29, 0.717) is 35.5 Å². The molecule has 1 aliphatic heterocycles. The Morgan fingerprint density at radius 3 is 2.51 bits per heavy atom. The number of hydrogen-bond donors (Lipinski definition) is 1. The lowest BCUT2D eigenvalue weighted by Crippen LogP contribution is -2.33. The standard InChI is InChI=1S/C31H29F3N6O4S/c1-3-20(16-35-29(42)37-30-40(27(41)18-45-30)26-7-5-4-6-23(26)17-43-2)21-8-10-22(11-9-21)28-36-19-39(38-28)24-12-14-25(15-13-24)44-31(32,33)34/h4-15,19-20H,3,16-18H2,1-2H3,(H,35,42). The van der Waals surface area contributed by atoms with Crippen LogP contribution in [0, 0.1) is 0 Å². The van der Waals surface area contributed by atoms with E-state index in [4.69, 9.17) is 4.74 Å². The first-order chi connectivity index (χ1) is 21.6. The number of thioether (sulfide) groups is 1. The summed E-state index contributed by atoms with van der Waals surface area (Å²) in [5.41, 5.74) is 3.72. The van der Waals surface area contributed by atoms with E-state index >= 15 is 0 Å². The van der Waals surface area contributed by atoms with E-state index in [1.165, 1.54) is 51.9 Å². The molecule has 1 saturated heterocycles. The van der Waals surface area contributed by atoms with Gasteiger partial charge in [-0.05, 0) is 42.3 Å². The number of halogens is 3. The fourth-order valence-electron chi connectivity index (χ4n) is 4.75. The minimum atomic E-state index is -4.76. The number of aliphatic imine (C=N–C) groups is 1. The van der Waals surface area contributed by atoms with Gasteiger partial charge < -0.3 is 14.8 Å². The summed E-state index contributed by atoms with van der Waals surface area (Å²) >= 11 is 1.21. The Hall–Kier alpha value is -4.69. The summed E-state index contributed by atoms with van der Waals surface area (Å²) in [4.78, 5) is 35.5. The average Bonchev–Trinajstić information content (AvgIpc) is 3.65. The second-order valence-corrected chi connectivity index (χ2v) is 10.9. The van der Waals surface area contributed by atoms with Crippen LogP contribution in [0.25, 0.3) is 17.1 Å². The maximum atomic E-state index is 12.8. The molecule has 3 amide bonds. The summed E-state index contributed by atoms with van der Waals surface area (Å²) in [5, 5.41) is 7.62. The molecule has 45 heavy (non-hydrogen) atoms. The van der Waals surface area contributed by atoms with Gasteiger partial charge >= 0.3 is 12.4 Å². The molecule has 1 aliphatic rings. The van der Waals surface area contributed by atoms with Crippen LogP contribution in [-0.4, -0.2) is 57.6 Å². The van der Waals surface area contributed by atoms with Crippen molar-refractivity contribution in [3.05, 3.63) is 90.3 Å². The number of anilines is 1. The minimum absolute atomic E-state index is 0.00236. The quantitative estimate of drug-likeness (QED) is 0.217. The molecular formula is C31H29F3N6O4S. The van der Waals surface area contributed by atoms with Gasteiger partial charge in [-0.1, -0.05) is 61.2 Å². The molecule has 3 aromatic carbocycles. The Kier molecular flexibility index (Phi) is 9.83. The van der Waals surface area contributed by atoms with Gasteiger partial charge in [-0.3, -0.25) is 9.69 Å². The van der Waals surface area contributed by atoms with Gasteiger partial charge in [0.05, 0.1) is 23.7 Å². The number of amides is 3. The van der Waals surface area contributed by atoms with Crippen molar-refractivity contribution < 1.29 is 32.2 Å². The lowest BCUT2D eigenvalue weighted by molar-refractivity contribution is -0.274. The van der Waals surface area contributed by atoms with Crippen LogP contribution in [-0.2, 0) is 16.1 Å². The van der Waals surface area contributed by atoms with Crippen molar-refractivity contribution in [3.8, 4) is 22.8 Å². The highest BCUT2D eigenvalue weighted by Crippen LogP contribution is 2.30. The largest absolute Gasteiger partial charge is 0.573 e. The summed E-state index contributed by atoms with van der Waals surface area (Å²) in [6, 6.07) is 19.7. The first-order valence-electron chi connectivity index (χ1n) is 13.9. The number of methoxy groups -OCH3 is 1. The number of ether oxygens (including phenoxy) is 2. The summed E-state index contributed by atoms with van der Waals surface area (Å²) in [6.45, 7) is 2.67. The third-order valence-corrected chi connectivity index (χ3v) is 7.88. The Balaban J connectivity index is 1.21. The van der Waals surface area contributed by atoms with Crippen LogP contribution >= 0.6 is 11.8 Å². The SMILES string of the molecule is CCC(CNC(=O)N=C1SCC(=O)N1c1ccccc1COC)c1ccc(-c2ncn(-c3ccc(OC(F)(F)F)cc3)n2)cc1. The second kappa shape index (κ2) is 13.9. The number of rotatable bonds is 10. The fourth-order valence-corrected chi connectivity index (χ4v) is 5.61. The first-order valence-corrected chi connectivity index (χ1v) is 14.9. The molecule has 1 fully saturated rings. The molecule has 0 saturated carbocycles. The number of urea groups is 1. The van der Waals surface area contributed by atoms with Crippen molar-refractivity contribution >= 4 is 34.6 Å². The second-order valence-electron chi connectivity index (χ2n) is 9.94. The van der Waals surface area contributed by atoms with E-state index in [1.807, 2.05) is 49.4 Å². The number of benzene rings is 3. The third-order valence-electron chi connectivity index (χ3n) is 6.95. The van der Waals surface area contributed by atoms with E-state index in [2.05, 4.69) is 25.1 Å². The fraction of sp³-hybridized carbons (Fsp3) is 0.258. The predicted molar refractivity (Wildman–Crippen MR) is 164 cm³/mol. The van der Waals surface area contributed by atoms with Crippen molar-refractivity contribution in [3.63, 3.8) is 0 Å². The highest BCUT2D eigenvalue weighted by atomic mass is 32.2. The predicted octanol–water partition coefficient (Wildman–Crippen LogP) is 6.32. The van der Waals surface area contributed by atoms with Crippen molar-refractivity contribution in [2.75, 3.05) is 24.3 Å². The molecular weight excluding hydrogens is 609 g/mol. The third kappa shape index (κ3) is 7.88. The van der Waals surface area contributed by atoms with Gasteiger partial charge in [-0.15, -0.1) is 18.3 Å². The van der Waals surface area contributed by atoms with Crippen LogP contribution in [0.4, 0.5) is 23.7 Å². The van der Waals surface area contributed by atoms with E-state index in [0.717, 1.165) is 23.1 Å². The average molecular weight is 639 g/mol. The number of alkyl halides is 3. The zero-order valence-corrected chi connectivity index (χ0v) is 25.1. The molecule has 10 nitrogen and oxygen atoms in total. The molecule has 1 aromatic heterocycles. The molecule has 0 spiro atoms. The molecule has 0 bridgehead atoms. The highest BCUT2D eigenvalue weighted by molar-refractivity contribution is 8.15. The van der Waals surface area contributed by atoms with E-state index in [-0.39, 0.29) is 23.3 Å². The van der Waals surface area contributed by atoms with Gasteiger partial charge in [0.1, 0.15) is 12.1 Å². The number of hydrogen-bond acceptors (Lipinski definition) is 7.